The van der Waals surface area contributed by atoms with Gasteiger partial charge < -0.3 is 9.30 Å². The zero-order valence-corrected chi connectivity index (χ0v) is 21.7. The van der Waals surface area contributed by atoms with Gasteiger partial charge in [0.15, 0.2) is 0 Å². The second-order valence-corrected chi connectivity index (χ2v) is 10.5. The van der Waals surface area contributed by atoms with Crippen molar-refractivity contribution in [2.24, 2.45) is 5.92 Å². The summed E-state index contributed by atoms with van der Waals surface area (Å²) in [4.78, 5) is 32.8. The van der Waals surface area contributed by atoms with Crippen LogP contribution in [0.3, 0.4) is 0 Å². The van der Waals surface area contributed by atoms with Crippen LogP contribution in [0.15, 0.2) is 66.9 Å². The van der Waals surface area contributed by atoms with Crippen LogP contribution in [0, 0.1) is 16.0 Å². The van der Waals surface area contributed by atoms with Gasteiger partial charge in [0.1, 0.15) is 5.65 Å². The number of hydrogen-bond acceptors (Lipinski definition) is 5. The van der Waals surface area contributed by atoms with E-state index in [9.17, 15) is 14.9 Å². The monoisotopic (exact) mass is 529 g/mol. The minimum atomic E-state index is -0.393. The molecule has 9 heteroatoms. The summed E-state index contributed by atoms with van der Waals surface area (Å²) >= 11 is 6.26. The highest BCUT2D eigenvalue weighted by Gasteiger charge is 2.31. The van der Waals surface area contributed by atoms with E-state index in [1.807, 2.05) is 41.3 Å². The highest BCUT2D eigenvalue weighted by Crippen LogP contribution is 2.31. The topological polar surface area (TPSA) is 84.0 Å². The van der Waals surface area contributed by atoms with Crippen molar-refractivity contribution in [1.82, 2.24) is 19.2 Å². The number of hydrogen-bond donors (Lipinski definition) is 0. The molecule has 0 atom stereocenters. The molecule has 194 valence electrons. The Balaban J connectivity index is 1.34. The van der Waals surface area contributed by atoms with E-state index >= 15 is 0 Å². The molecule has 0 N–H and O–H groups in total. The van der Waals surface area contributed by atoms with E-state index in [1.165, 1.54) is 12.1 Å². The molecule has 1 aliphatic heterocycles. The van der Waals surface area contributed by atoms with Crippen LogP contribution in [0.25, 0.3) is 28.0 Å². The molecule has 1 saturated heterocycles. The van der Waals surface area contributed by atoms with Crippen LogP contribution in [-0.4, -0.2) is 56.2 Å². The van der Waals surface area contributed by atoms with Crippen molar-refractivity contribution in [3.05, 3.63) is 87.7 Å². The fourth-order valence-electron chi connectivity index (χ4n) is 5.31. The molecule has 0 radical (unpaired) electrons. The summed E-state index contributed by atoms with van der Waals surface area (Å²) in [6.07, 6.45) is 5.28. The standard InChI is InChI=1S/C29H28ClN5O3/c30-24-6-2-5-22(17-24)23-9-12-27-31-28(20-7-10-25(11-8-20)35(37)38)26(34(27)18-23)19-32-13-15-33(16-14-32)29(36)21-3-1-4-21/h2,5-12,17-18,21H,1,3-4,13-16,19H2. The molecule has 1 aliphatic carbocycles. The van der Waals surface area contributed by atoms with Crippen molar-refractivity contribution >= 4 is 28.8 Å². The molecule has 38 heavy (non-hydrogen) atoms. The van der Waals surface area contributed by atoms with E-state index in [0.29, 0.717) is 17.5 Å². The third-order valence-corrected chi connectivity index (χ3v) is 7.97. The van der Waals surface area contributed by atoms with E-state index in [2.05, 4.69) is 15.5 Å². The van der Waals surface area contributed by atoms with Gasteiger partial charge in [-0.05, 0) is 60.4 Å². The summed E-state index contributed by atoms with van der Waals surface area (Å²) in [5, 5.41) is 11.9. The van der Waals surface area contributed by atoms with Crippen molar-refractivity contribution in [2.45, 2.75) is 25.8 Å². The molecule has 1 amide bonds. The number of non-ortho nitro benzene ring substituents is 1. The second-order valence-electron chi connectivity index (χ2n) is 10.1. The lowest BCUT2D eigenvalue weighted by atomic mass is 9.84. The number of carbonyl (C=O) groups is 1. The predicted octanol–water partition coefficient (Wildman–Crippen LogP) is 5.67. The molecule has 3 heterocycles. The van der Waals surface area contributed by atoms with Crippen LogP contribution < -0.4 is 0 Å². The summed E-state index contributed by atoms with van der Waals surface area (Å²) in [6.45, 7) is 3.69. The Hall–Kier alpha value is -3.75. The zero-order chi connectivity index (χ0) is 26.2. The highest BCUT2D eigenvalue weighted by molar-refractivity contribution is 6.30. The Morgan fingerprint density at radius 2 is 1.71 bits per heavy atom. The van der Waals surface area contributed by atoms with Gasteiger partial charge >= 0.3 is 0 Å². The summed E-state index contributed by atoms with van der Waals surface area (Å²) in [5.41, 5.74) is 5.53. The molecule has 2 fully saturated rings. The quantitative estimate of drug-likeness (QED) is 0.237. The molecule has 2 aromatic heterocycles. The van der Waals surface area contributed by atoms with Gasteiger partial charge in [0.25, 0.3) is 5.69 Å². The van der Waals surface area contributed by atoms with Gasteiger partial charge in [-0.1, -0.05) is 30.2 Å². The molecule has 2 aliphatic rings. The molecule has 0 bridgehead atoms. The molecule has 0 unspecified atom stereocenters. The van der Waals surface area contributed by atoms with E-state index in [1.54, 1.807) is 12.1 Å². The largest absolute Gasteiger partial charge is 0.340 e. The van der Waals surface area contributed by atoms with E-state index in [-0.39, 0.29) is 11.6 Å². The van der Waals surface area contributed by atoms with Gasteiger partial charge in [0.2, 0.25) is 5.91 Å². The Bertz CT molecular complexity index is 1500. The number of rotatable bonds is 6. The van der Waals surface area contributed by atoms with Gasteiger partial charge in [-0.2, -0.15) is 0 Å². The number of nitro benzene ring substituents is 1. The molecule has 6 rings (SSSR count). The van der Waals surface area contributed by atoms with Crippen molar-refractivity contribution in [2.75, 3.05) is 26.2 Å². The minimum absolute atomic E-state index is 0.0505. The smallest absolute Gasteiger partial charge is 0.269 e. The molecule has 1 saturated carbocycles. The summed E-state index contributed by atoms with van der Waals surface area (Å²) in [6, 6.07) is 18.3. The Morgan fingerprint density at radius 1 is 0.974 bits per heavy atom. The third kappa shape index (κ3) is 4.77. The van der Waals surface area contributed by atoms with Crippen LogP contribution >= 0.6 is 11.6 Å². The lowest BCUT2D eigenvalue weighted by Crippen LogP contribution is -2.50. The Kier molecular flexibility index (Phi) is 6.59. The number of carbonyl (C=O) groups excluding carboxylic acids is 1. The van der Waals surface area contributed by atoms with Crippen molar-refractivity contribution in [3.8, 4) is 22.4 Å². The van der Waals surface area contributed by atoms with Crippen molar-refractivity contribution in [3.63, 3.8) is 0 Å². The first-order chi connectivity index (χ1) is 18.5. The van der Waals surface area contributed by atoms with Gasteiger partial charge in [-0.25, -0.2) is 4.98 Å². The number of imidazole rings is 1. The maximum absolute atomic E-state index is 12.7. The van der Waals surface area contributed by atoms with Gasteiger partial charge in [0.05, 0.1) is 16.3 Å². The first kappa shape index (κ1) is 24.6. The van der Waals surface area contributed by atoms with E-state index < -0.39 is 4.92 Å². The van der Waals surface area contributed by atoms with Crippen LogP contribution in [-0.2, 0) is 11.3 Å². The minimum Gasteiger partial charge on any atom is -0.340 e. The van der Waals surface area contributed by atoms with Crippen molar-refractivity contribution < 1.29 is 9.72 Å². The highest BCUT2D eigenvalue weighted by atomic mass is 35.5. The SMILES string of the molecule is O=C(C1CCC1)N1CCN(Cc2c(-c3ccc([N+](=O)[O-])cc3)nc3ccc(-c4cccc(Cl)c4)cn23)CC1. The number of nitro groups is 1. The number of piperazine rings is 1. The first-order valence-corrected chi connectivity index (χ1v) is 13.4. The maximum atomic E-state index is 12.7. The number of amides is 1. The van der Waals surface area contributed by atoms with E-state index in [4.69, 9.17) is 16.6 Å². The molecular formula is C29H28ClN5O3. The molecular weight excluding hydrogens is 502 g/mol. The summed E-state index contributed by atoms with van der Waals surface area (Å²) in [7, 11) is 0. The fraction of sp³-hybridized carbons (Fsp3) is 0.310. The first-order valence-electron chi connectivity index (χ1n) is 13.0. The number of benzene rings is 2. The average Bonchev–Trinajstić information content (AvgIpc) is 3.25. The van der Waals surface area contributed by atoms with Gasteiger partial charge in [0, 0.05) is 67.6 Å². The number of fused-ring (bicyclic) bond motifs is 1. The maximum Gasteiger partial charge on any atom is 0.269 e. The summed E-state index contributed by atoms with van der Waals surface area (Å²) in [5.74, 6) is 0.530. The lowest BCUT2D eigenvalue weighted by Gasteiger charge is -2.38. The van der Waals surface area contributed by atoms with Crippen LogP contribution in [0.1, 0.15) is 25.0 Å². The molecule has 0 spiro atoms. The lowest BCUT2D eigenvalue weighted by molar-refractivity contribution is -0.384. The zero-order valence-electron chi connectivity index (χ0n) is 20.9. The Labute approximate surface area is 225 Å². The average molecular weight is 530 g/mol. The van der Waals surface area contributed by atoms with Gasteiger partial charge in [-0.3, -0.25) is 19.8 Å². The van der Waals surface area contributed by atoms with Crippen LogP contribution in [0.4, 0.5) is 5.69 Å². The number of pyridine rings is 1. The normalized spacial score (nSPS) is 16.5. The molecule has 2 aromatic carbocycles. The van der Waals surface area contributed by atoms with Crippen LogP contribution in [0.2, 0.25) is 5.02 Å². The fourth-order valence-corrected chi connectivity index (χ4v) is 5.50. The van der Waals surface area contributed by atoms with Gasteiger partial charge in [-0.15, -0.1) is 0 Å². The van der Waals surface area contributed by atoms with Crippen molar-refractivity contribution in [1.29, 1.82) is 0 Å². The van der Waals surface area contributed by atoms with E-state index in [0.717, 1.165) is 79.2 Å². The molecule has 8 nitrogen and oxygen atoms in total. The number of halogens is 1. The summed E-state index contributed by atoms with van der Waals surface area (Å²) < 4.78 is 2.11. The predicted molar refractivity (Wildman–Crippen MR) is 147 cm³/mol. The second kappa shape index (κ2) is 10.2. The number of aromatic nitrogens is 2. The van der Waals surface area contributed by atoms with Crippen LogP contribution in [0.5, 0.6) is 0 Å². The Morgan fingerprint density at radius 3 is 2.37 bits per heavy atom. The third-order valence-electron chi connectivity index (χ3n) is 7.74. The number of nitrogens with zero attached hydrogens (tertiary/aromatic N) is 5. The molecule has 4 aromatic rings.